The van der Waals surface area contributed by atoms with E-state index in [1.807, 2.05) is 19.1 Å². The van der Waals surface area contributed by atoms with Crippen LogP contribution in [0, 0.1) is 0 Å². The van der Waals surface area contributed by atoms with Gasteiger partial charge in [-0.1, -0.05) is 18.2 Å². The number of carbonyl (C=O) groups excluding carboxylic acids is 3. The number of rotatable bonds is 7. The van der Waals surface area contributed by atoms with Crippen LogP contribution < -0.4 is 15.4 Å². The quantitative estimate of drug-likeness (QED) is 0.705. The van der Waals surface area contributed by atoms with Crippen molar-refractivity contribution in [3.05, 3.63) is 59.8 Å². The number of hydrogen-bond donors (Lipinski definition) is 2. The lowest BCUT2D eigenvalue weighted by Gasteiger charge is -2.12. The summed E-state index contributed by atoms with van der Waals surface area (Å²) >= 11 is 0. The second-order valence-corrected chi connectivity index (χ2v) is 6.45. The van der Waals surface area contributed by atoms with Gasteiger partial charge >= 0.3 is 0 Å². The van der Waals surface area contributed by atoms with Gasteiger partial charge in [-0.3, -0.25) is 19.3 Å². The fourth-order valence-electron chi connectivity index (χ4n) is 3.15. The van der Waals surface area contributed by atoms with E-state index in [0.717, 1.165) is 0 Å². The summed E-state index contributed by atoms with van der Waals surface area (Å²) in [6, 6.07) is 14.0. The van der Waals surface area contributed by atoms with Crippen LogP contribution in [-0.2, 0) is 14.4 Å². The van der Waals surface area contributed by atoms with E-state index in [2.05, 4.69) is 10.6 Å². The van der Waals surface area contributed by atoms with Gasteiger partial charge in [-0.15, -0.1) is 0 Å². The van der Waals surface area contributed by atoms with Crippen molar-refractivity contribution in [3.63, 3.8) is 0 Å². The van der Waals surface area contributed by atoms with E-state index in [4.69, 9.17) is 4.74 Å². The van der Waals surface area contributed by atoms with Crippen LogP contribution in [0.2, 0.25) is 0 Å². The van der Waals surface area contributed by atoms with Crippen molar-refractivity contribution in [1.82, 2.24) is 4.90 Å². The Hall–Kier alpha value is -3.61. The van der Waals surface area contributed by atoms with Gasteiger partial charge in [0.2, 0.25) is 5.91 Å². The van der Waals surface area contributed by atoms with E-state index in [0.29, 0.717) is 34.9 Å². The number of nitrogens with one attached hydrogen (secondary N) is 2. The predicted molar refractivity (Wildman–Crippen MR) is 111 cm³/mol. The fraction of sp³-hybridized carbons (Fsp3) is 0.227. The molecule has 1 aliphatic heterocycles. The SMILES string of the molecule is CCOc1cccc(NC2=C(c3ccc(NC(C)=O)cc3)C(=O)N(CC)C2=O)c1. The molecule has 0 saturated carbocycles. The molecule has 2 aromatic rings. The van der Waals surface area contributed by atoms with E-state index in [1.165, 1.54) is 11.8 Å². The summed E-state index contributed by atoms with van der Waals surface area (Å²) in [6.45, 7) is 5.87. The van der Waals surface area contributed by atoms with E-state index in [1.54, 1.807) is 43.3 Å². The molecule has 0 aromatic heterocycles. The van der Waals surface area contributed by atoms with E-state index >= 15 is 0 Å². The summed E-state index contributed by atoms with van der Waals surface area (Å²) in [6.07, 6.45) is 0. The number of hydrogen-bond acceptors (Lipinski definition) is 5. The Morgan fingerprint density at radius 1 is 1.00 bits per heavy atom. The molecular formula is C22H23N3O4. The number of imide groups is 1. The number of nitrogens with zero attached hydrogens (tertiary/aromatic N) is 1. The Labute approximate surface area is 169 Å². The fourth-order valence-corrected chi connectivity index (χ4v) is 3.15. The second-order valence-electron chi connectivity index (χ2n) is 6.45. The molecule has 3 rings (SSSR count). The lowest BCUT2D eigenvalue weighted by Crippen LogP contribution is -2.32. The number of carbonyl (C=O) groups is 3. The smallest absolute Gasteiger partial charge is 0.278 e. The highest BCUT2D eigenvalue weighted by Gasteiger charge is 2.38. The van der Waals surface area contributed by atoms with Gasteiger partial charge in [0.05, 0.1) is 12.2 Å². The van der Waals surface area contributed by atoms with E-state index in [9.17, 15) is 14.4 Å². The maximum atomic E-state index is 12.9. The maximum Gasteiger partial charge on any atom is 0.278 e. The Kier molecular flexibility index (Phi) is 5.97. The highest BCUT2D eigenvalue weighted by Crippen LogP contribution is 2.31. The first-order chi connectivity index (χ1) is 13.9. The van der Waals surface area contributed by atoms with E-state index in [-0.39, 0.29) is 30.0 Å². The first-order valence-corrected chi connectivity index (χ1v) is 9.43. The van der Waals surface area contributed by atoms with Gasteiger partial charge in [-0.25, -0.2) is 0 Å². The molecular weight excluding hydrogens is 370 g/mol. The van der Waals surface area contributed by atoms with Crippen molar-refractivity contribution in [2.75, 3.05) is 23.8 Å². The van der Waals surface area contributed by atoms with Crippen molar-refractivity contribution < 1.29 is 19.1 Å². The minimum atomic E-state index is -0.375. The maximum absolute atomic E-state index is 12.9. The number of benzene rings is 2. The molecule has 0 saturated heterocycles. The Balaban J connectivity index is 2.00. The average Bonchev–Trinajstić information content (AvgIpc) is 2.92. The first kappa shape index (κ1) is 20.1. The summed E-state index contributed by atoms with van der Waals surface area (Å²) in [5, 5.41) is 5.78. The Bertz CT molecular complexity index is 980. The van der Waals surface area contributed by atoms with Gasteiger partial charge in [0.25, 0.3) is 11.8 Å². The minimum absolute atomic E-state index is 0.183. The Morgan fingerprint density at radius 3 is 2.34 bits per heavy atom. The lowest BCUT2D eigenvalue weighted by molar-refractivity contribution is -0.136. The van der Waals surface area contributed by atoms with Crippen LogP contribution in [0.25, 0.3) is 5.57 Å². The van der Waals surface area contributed by atoms with Crippen molar-refractivity contribution in [1.29, 1.82) is 0 Å². The number of amides is 3. The zero-order valence-electron chi connectivity index (χ0n) is 16.6. The van der Waals surface area contributed by atoms with Crippen LogP contribution in [0.4, 0.5) is 11.4 Å². The lowest BCUT2D eigenvalue weighted by atomic mass is 10.0. The second kappa shape index (κ2) is 8.60. The zero-order chi connectivity index (χ0) is 21.0. The van der Waals surface area contributed by atoms with Crippen LogP contribution in [0.3, 0.4) is 0 Å². The molecule has 29 heavy (non-hydrogen) atoms. The molecule has 0 radical (unpaired) electrons. The minimum Gasteiger partial charge on any atom is -0.494 e. The predicted octanol–water partition coefficient (Wildman–Crippen LogP) is 3.26. The molecule has 0 fully saturated rings. The summed E-state index contributed by atoms with van der Waals surface area (Å²) < 4.78 is 5.50. The zero-order valence-corrected chi connectivity index (χ0v) is 16.6. The number of likely N-dealkylation sites (N-methyl/N-ethyl adjacent to an activating group) is 1. The van der Waals surface area contributed by atoms with Crippen molar-refractivity contribution in [3.8, 4) is 5.75 Å². The highest BCUT2D eigenvalue weighted by molar-refractivity contribution is 6.36. The Morgan fingerprint density at radius 2 is 1.72 bits per heavy atom. The van der Waals surface area contributed by atoms with Gasteiger partial charge in [-0.05, 0) is 43.7 Å². The summed E-state index contributed by atoms with van der Waals surface area (Å²) in [5.41, 5.74) is 2.38. The summed E-state index contributed by atoms with van der Waals surface area (Å²) in [4.78, 5) is 38.2. The molecule has 3 amide bonds. The van der Waals surface area contributed by atoms with Crippen molar-refractivity contribution >= 4 is 34.7 Å². The van der Waals surface area contributed by atoms with Crippen LogP contribution in [0.5, 0.6) is 5.75 Å². The monoisotopic (exact) mass is 393 g/mol. The summed E-state index contributed by atoms with van der Waals surface area (Å²) in [5.74, 6) is -0.241. The third kappa shape index (κ3) is 4.29. The number of ether oxygens (including phenoxy) is 1. The topological polar surface area (TPSA) is 87.7 Å². The first-order valence-electron chi connectivity index (χ1n) is 9.43. The molecule has 2 N–H and O–H groups in total. The molecule has 0 aliphatic carbocycles. The summed E-state index contributed by atoms with van der Waals surface area (Å²) in [7, 11) is 0. The average molecular weight is 393 g/mol. The van der Waals surface area contributed by atoms with Crippen LogP contribution in [0.1, 0.15) is 26.3 Å². The van der Waals surface area contributed by atoms with Gasteiger partial charge in [0, 0.05) is 30.9 Å². The van der Waals surface area contributed by atoms with Crippen molar-refractivity contribution in [2.45, 2.75) is 20.8 Å². The largest absolute Gasteiger partial charge is 0.494 e. The van der Waals surface area contributed by atoms with Gasteiger partial charge < -0.3 is 15.4 Å². The van der Waals surface area contributed by atoms with Crippen molar-refractivity contribution in [2.24, 2.45) is 0 Å². The van der Waals surface area contributed by atoms with Crippen LogP contribution >= 0.6 is 0 Å². The molecule has 0 atom stereocenters. The molecule has 1 heterocycles. The standard InChI is InChI=1S/C22H23N3O4/c1-4-25-21(27)19(15-9-11-16(12-10-15)23-14(3)26)20(22(25)28)24-17-7-6-8-18(13-17)29-5-2/h6-13,24H,4-5H2,1-3H3,(H,23,26). The molecule has 7 nitrogen and oxygen atoms in total. The van der Waals surface area contributed by atoms with E-state index < -0.39 is 0 Å². The molecule has 150 valence electrons. The molecule has 7 heteroatoms. The van der Waals surface area contributed by atoms with Gasteiger partial charge in [0.15, 0.2) is 0 Å². The van der Waals surface area contributed by atoms with Crippen LogP contribution in [-0.4, -0.2) is 35.8 Å². The normalized spacial score (nSPS) is 13.7. The third-order valence-electron chi connectivity index (χ3n) is 4.39. The molecule has 0 bridgehead atoms. The molecule has 1 aliphatic rings. The molecule has 0 unspecified atom stereocenters. The number of anilines is 2. The van der Waals surface area contributed by atoms with Crippen LogP contribution in [0.15, 0.2) is 54.2 Å². The third-order valence-corrected chi connectivity index (χ3v) is 4.39. The van der Waals surface area contributed by atoms with Gasteiger partial charge in [-0.2, -0.15) is 0 Å². The molecule has 0 spiro atoms. The highest BCUT2D eigenvalue weighted by atomic mass is 16.5. The molecule has 2 aromatic carbocycles. The van der Waals surface area contributed by atoms with Gasteiger partial charge in [0.1, 0.15) is 11.4 Å².